The minimum atomic E-state index is -4.63. The van der Waals surface area contributed by atoms with E-state index in [1.54, 1.807) is 21.0 Å². The van der Waals surface area contributed by atoms with Crippen LogP contribution in [-0.2, 0) is 15.7 Å². The van der Waals surface area contributed by atoms with Gasteiger partial charge in [-0.05, 0) is 19.4 Å². The van der Waals surface area contributed by atoms with Gasteiger partial charge in [-0.1, -0.05) is 0 Å². The molecule has 10 heteroatoms. The van der Waals surface area contributed by atoms with E-state index < -0.39 is 17.6 Å². The number of aromatic nitrogens is 4. The van der Waals surface area contributed by atoms with E-state index in [1.165, 1.54) is 0 Å². The molecule has 0 atom stereocenters. The second kappa shape index (κ2) is 6.41. The van der Waals surface area contributed by atoms with Gasteiger partial charge in [0.25, 0.3) is 5.82 Å². The molecular formula is C15H20F3N5O2. The van der Waals surface area contributed by atoms with Crippen LogP contribution in [0.4, 0.5) is 19.0 Å². The van der Waals surface area contributed by atoms with Gasteiger partial charge in [0.1, 0.15) is 5.82 Å². The molecule has 2 aromatic rings. The van der Waals surface area contributed by atoms with Crippen molar-refractivity contribution in [3.8, 4) is 0 Å². The number of fused-ring (bicyclic) bond motifs is 1. The molecule has 0 unspecified atom stereocenters. The number of nitrogens with zero attached hydrogens (tertiary/aromatic N) is 4. The minimum Gasteiger partial charge on any atom is -0.381 e. The predicted molar refractivity (Wildman–Crippen MR) is 83.5 cm³/mol. The molecule has 0 saturated carbocycles. The highest BCUT2D eigenvalue weighted by molar-refractivity contribution is 5.58. The molecule has 0 radical (unpaired) electrons. The van der Waals surface area contributed by atoms with Crippen LogP contribution in [0.15, 0.2) is 0 Å². The van der Waals surface area contributed by atoms with E-state index in [2.05, 4.69) is 20.6 Å². The monoisotopic (exact) mass is 359 g/mol. The van der Waals surface area contributed by atoms with Crippen molar-refractivity contribution in [3.05, 3.63) is 17.0 Å². The van der Waals surface area contributed by atoms with Gasteiger partial charge >= 0.3 is 6.18 Å². The van der Waals surface area contributed by atoms with Crippen molar-refractivity contribution >= 4 is 11.5 Å². The zero-order valence-corrected chi connectivity index (χ0v) is 14.3. The number of hydrogen-bond donors (Lipinski definition) is 1. The van der Waals surface area contributed by atoms with Gasteiger partial charge in [-0.2, -0.15) is 17.7 Å². The van der Waals surface area contributed by atoms with E-state index in [0.29, 0.717) is 44.0 Å². The lowest BCUT2D eigenvalue weighted by atomic mass is 9.94. The maximum atomic E-state index is 13.1. The number of aryl methyl sites for hydroxylation is 1. The van der Waals surface area contributed by atoms with E-state index in [9.17, 15) is 13.2 Å². The number of rotatable bonds is 4. The summed E-state index contributed by atoms with van der Waals surface area (Å²) in [7, 11) is 1.63. The van der Waals surface area contributed by atoms with E-state index >= 15 is 0 Å². The first kappa shape index (κ1) is 17.9. The first-order chi connectivity index (χ1) is 11.8. The molecule has 3 rings (SSSR count). The Morgan fingerprint density at radius 3 is 2.48 bits per heavy atom. The van der Waals surface area contributed by atoms with Gasteiger partial charge in [0.2, 0.25) is 0 Å². The third-order valence-electron chi connectivity index (χ3n) is 4.76. The van der Waals surface area contributed by atoms with Gasteiger partial charge in [-0.25, -0.2) is 0 Å². The summed E-state index contributed by atoms with van der Waals surface area (Å²) < 4.78 is 51.0. The van der Waals surface area contributed by atoms with E-state index in [1.807, 2.05) is 0 Å². The third kappa shape index (κ3) is 3.28. The first-order valence-corrected chi connectivity index (χ1v) is 7.94. The quantitative estimate of drug-likeness (QED) is 0.904. The lowest BCUT2D eigenvalue weighted by Gasteiger charge is -2.36. The van der Waals surface area contributed by atoms with E-state index in [4.69, 9.17) is 9.47 Å². The summed E-state index contributed by atoms with van der Waals surface area (Å²) in [4.78, 5) is 0. The molecule has 1 aliphatic rings. The Balaban J connectivity index is 1.94. The maximum absolute atomic E-state index is 13.1. The Morgan fingerprint density at radius 2 is 1.88 bits per heavy atom. The van der Waals surface area contributed by atoms with Crippen LogP contribution >= 0.6 is 0 Å². The Kier molecular flexibility index (Phi) is 4.58. The van der Waals surface area contributed by atoms with Crippen molar-refractivity contribution in [1.82, 2.24) is 19.8 Å². The second-order valence-corrected chi connectivity index (χ2v) is 6.21. The molecule has 7 nitrogen and oxygen atoms in total. The summed E-state index contributed by atoms with van der Waals surface area (Å²) in [5, 5.41) is 14.1. The van der Waals surface area contributed by atoms with Crippen LogP contribution in [-0.4, -0.2) is 52.3 Å². The Labute approximate surface area is 142 Å². The van der Waals surface area contributed by atoms with Crippen LogP contribution in [0.2, 0.25) is 0 Å². The molecule has 2 aromatic heterocycles. The number of nitrogens with one attached hydrogen (secondary N) is 1. The van der Waals surface area contributed by atoms with Crippen LogP contribution < -0.4 is 5.32 Å². The number of anilines is 1. The Hall–Kier alpha value is -1.94. The zero-order chi connectivity index (χ0) is 18.2. The van der Waals surface area contributed by atoms with Crippen molar-refractivity contribution in [2.75, 3.05) is 32.2 Å². The van der Waals surface area contributed by atoms with Gasteiger partial charge in [0.05, 0.1) is 5.60 Å². The van der Waals surface area contributed by atoms with Crippen molar-refractivity contribution < 1.29 is 22.6 Å². The molecule has 1 N–H and O–H groups in total. The van der Waals surface area contributed by atoms with Gasteiger partial charge < -0.3 is 14.8 Å². The molecule has 1 saturated heterocycles. The van der Waals surface area contributed by atoms with Crippen molar-refractivity contribution in [2.45, 2.75) is 38.5 Å². The summed E-state index contributed by atoms with van der Waals surface area (Å²) in [5.74, 6) is -0.778. The molecule has 1 fully saturated rings. The smallest absolute Gasteiger partial charge is 0.381 e. The van der Waals surface area contributed by atoms with Gasteiger partial charge in [-0.15, -0.1) is 15.3 Å². The van der Waals surface area contributed by atoms with Crippen molar-refractivity contribution in [3.63, 3.8) is 0 Å². The van der Waals surface area contributed by atoms with Crippen molar-refractivity contribution in [1.29, 1.82) is 0 Å². The molecule has 0 amide bonds. The van der Waals surface area contributed by atoms with Crippen LogP contribution in [0, 0.1) is 13.8 Å². The number of hydrogen-bond acceptors (Lipinski definition) is 6. The standard InChI is InChI=1S/C15H20F3N5O2/c1-9-10(2)12-20-21-13(15(16,17)18)23(12)22-11(9)19-8-14(24-3)4-6-25-7-5-14/h4-8H2,1-3H3,(H,19,22). The van der Waals surface area contributed by atoms with Gasteiger partial charge in [0, 0.05) is 45.3 Å². The first-order valence-electron chi connectivity index (χ1n) is 7.94. The lowest BCUT2D eigenvalue weighted by Crippen LogP contribution is -2.44. The topological polar surface area (TPSA) is 73.6 Å². The number of alkyl halides is 3. The number of halogens is 3. The summed E-state index contributed by atoms with van der Waals surface area (Å²) >= 11 is 0. The Morgan fingerprint density at radius 1 is 1.20 bits per heavy atom. The van der Waals surface area contributed by atoms with Gasteiger partial charge in [0.15, 0.2) is 5.65 Å². The lowest BCUT2D eigenvalue weighted by molar-refractivity contribution is -0.146. The average Bonchev–Trinajstić information content (AvgIpc) is 3.02. The highest BCUT2D eigenvalue weighted by Gasteiger charge is 2.38. The SMILES string of the molecule is COC1(CNc2nn3c(C(F)(F)F)nnc3c(C)c2C)CCOCC1. The van der Waals surface area contributed by atoms with E-state index in [-0.39, 0.29) is 5.65 Å². The van der Waals surface area contributed by atoms with Crippen LogP contribution in [0.1, 0.15) is 29.8 Å². The predicted octanol–water partition coefficient (Wildman–Crippen LogP) is 2.37. The maximum Gasteiger partial charge on any atom is 0.453 e. The average molecular weight is 359 g/mol. The summed E-state index contributed by atoms with van der Waals surface area (Å²) in [6.45, 7) is 5.09. The highest BCUT2D eigenvalue weighted by Crippen LogP contribution is 2.30. The minimum absolute atomic E-state index is 0.0999. The molecule has 1 aliphatic heterocycles. The summed E-state index contributed by atoms with van der Waals surface area (Å²) in [6.07, 6.45) is -3.21. The Bertz CT molecular complexity index is 769. The fourth-order valence-corrected chi connectivity index (χ4v) is 2.91. The molecule has 25 heavy (non-hydrogen) atoms. The summed E-state index contributed by atoms with van der Waals surface area (Å²) in [5.41, 5.74) is 1.00. The molecule has 3 heterocycles. The fourth-order valence-electron chi connectivity index (χ4n) is 2.91. The van der Waals surface area contributed by atoms with Crippen LogP contribution in [0.3, 0.4) is 0 Å². The van der Waals surface area contributed by atoms with Crippen LogP contribution in [0.25, 0.3) is 5.65 Å². The molecule has 0 aliphatic carbocycles. The largest absolute Gasteiger partial charge is 0.453 e. The number of methoxy groups -OCH3 is 1. The third-order valence-corrected chi connectivity index (χ3v) is 4.76. The normalized spacial score (nSPS) is 17.8. The van der Waals surface area contributed by atoms with Crippen molar-refractivity contribution in [2.24, 2.45) is 0 Å². The molecule has 0 bridgehead atoms. The van der Waals surface area contributed by atoms with Gasteiger partial charge in [-0.3, -0.25) is 0 Å². The number of ether oxygens (including phenoxy) is 2. The highest BCUT2D eigenvalue weighted by atomic mass is 19.4. The molecular weight excluding hydrogens is 339 g/mol. The second-order valence-electron chi connectivity index (χ2n) is 6.21. The fraction of sp³-hybridized carbons (Fsp3) is 0.667. The molecule has 0 aromatic carbocycles. The zero-order valence-electron chi connectivity index (χ0n) is 14.3. The van der Waals surface area contributed by atoms with Crippen LogP contribution in [0.5, 0.6) is 0 Å². The van der Waals surface area contributed by atoms with E-state index in [0.717, 1.165) is 10.1 Å². The molecule has 0 spiro atoms. The molecule has 138 valence electrons. The summed E-state index contributed by atoms with van der Waals surface area (Å²) in [6, 6.07) is 0.